The zero-order chi connectivity index (χ0) is 24.6. The molecule has 4 aromatic carbocycles. The van der Waals surface area contributed by atoms with Gasteiger partial charge in [-0.2, -0.15) is 8.42 Å². The Morgan fingerprint density at radius 3 is 2.09 bits per heavy atom. The number of ether oxygens (including phenoxy) is 1. The van der Waals surface area contributed by atoms with Gasteiger partial charge in [0.25, 0.3) is 10.1 Å². The molecule has 6 heteroatoms. The first-order valence-electron chi connectivity index (χ1n) is 11.1. The van der Waals surface area contributed by atoms with Crippen LogP contribution < -0.4 is 4.74 Å². The molecular weight excluding hydrogens is 446 g/mol. The SMILES string of the molecule is CN(C)C(CCOc1cccc2ccccc12)c1ccccc1.Cc1ccc(S(=O)(=O)O)cc1. The minimum Gasteiger partial charge on any atom is -0.493 e. The van der Waals surface area contributed by atoms with Crippen LogP contribution in [0.3, 0.4) is 0 Å². The Balaban J connectivity index is 0.000000248. The second kappa shape index (κ2) is 11.8. The van der Waals surface area contributed by atoms with E-state index >= 15 is 0 Å². The molecule has 0 saturated carbocycles. The monoisotopic (exact) mass is 477 g/mol. The molecular formula is C28H31NO4S. The quantitative estimate of drug-likeness (QED) is 0.323. The van der Waals surface area contributed by atoms with Crippen LogP contribution in [-0.2, 0) is 10.1 Å². The number of rotatable bonds is 7. The topological polar surface area (TPSA) is 66.8 Å². The molecule has 4 aromatic rings. The van der Waals surface area contributed by atoms with Gasteiger partial charge in [-0.05, 0) is 50.2 Å². The van der Waals surface area contributed by atoms with Gasteiger partial charge >= 0.3 is 0 Å². The molecule has 0 radical (unpaired) electrons. The molecule has 178 valence electrons. The Kier molecular flexibility index (Phi) is 8.82. The maximum atomic E-state index is 10.5. The average molecular weight is 478 g/mol. The second-order valence-corrected chi connectivity index (χ2v) is 9.71. The van der Waals surface area contributed by atoms with Crippen molar-refractivity contribution in [1.82, 2.24) is 4.90 Å². The van der Waals surface area contributed by atoms with Gasteiger partial charge in [0.15, 0.2) is 0 Å². The van der Waals surface area contributed by atoms with Crippen LogP contribution in [0.1, 0.15) is 23.6 Å². The smallest absolute Gasteiger partial charge is 0.294 e. The summed E-state index contributed by atoms with van der Waals surface area (Å²) in [6, 6.07) is 31.5. The molecule has 1 atom stereocenters. The minimum atomic E-state index is -4.02. The third-order valence-corrected chi connectivity index (χ3v) is 6.39. The molecule has 0 aromatic heterocycles. The summed E-state index contributed by atoms with van der Waals surface area (Å²) in [5.41, 5.74) is 2.29. The van der Waals surface area contributed by atoms with Crippen molar-refractivity contribution in [2.24, 2.45) is 0 Å². The number of fused-ring (bicyclic) bond motifs is 1. The first kappa shape index (κ1) is 25.4. The molecule has 0 spiro atoms. The summed E-state index contributed by atoms with van der Waals surface area (Å²) in [7, 11) is 0.222. The summed E-state index contributed by atoms with van der Waals surface area (Å²) in [6.07, 6.45) is 0.959. The van der Waals surface area contributed by atoms with E-state index in [1.807, 2.05) is 6.92 Å². The van der Waals surface area contributed by atoms with Crippen molar-refractivity contribution in [3.8, 4) is 5.75 Å². The van der Waals surface area contributed by atoms with Crippen molar-refractivity contribution in [2.45, 2.75) is 24.3 Å². The van der Waals surface area contributed by atoms with Crippen LogP contribution in [-0.4, -0.2) is 38.6 Å². The molecule has 34 heavy (non-hydrogen) atoms. The number of hydrogen-bond acceptors (Lipinski definition) is 4. The van der Waals surface area contributed by atoms with Crippen molar-refractivity contribution in [3.05, 3.63) is 108 Å². The molecule has 1 unspecified atom stereocenters. The largest absolute Gasteiger partial charge is 0.493 e. The van der Waals surface area contributed by atoms with Crippen molar-refractivity contribution in [3.63, 3.8) is 0 Å². The Morgan fingerprint density at radius 1 is 0.824 bits per heavy atom. The summed E-state index contributed by atoms with van der Waals surface area (Å²) in [5, 5.41) is 2.40. The normalized spacial score (nSPS) is 12.1. The standard InChI is InChI=1S/C21H23NO.C7H8O3S/c1-22(2)20(18-10-4-3-5-11-18)15-16-23-21-14-8-12-17-9-6-7-13-19(17)21;1-6-2-4-7(5-3-6)11(8,9)10/h3-14,20H,15-16H2,1-2H3;2-5H,1H3,(H,8,9,10). The van der Waals surface area contributed by atoms with Crippen LogP contribution in [0.25, 0.3) is 10.8 Å². The van der Waals surface area contributed by atoms with Gasteiger partial charge in [0.1, 0.15) is 5.75 Å². The number of benzene rings is 4. The van der Waals surface area contributed by atoms with E-state index in [9.17, 15) is 8.42 Å². The van der Waals surface area contributed by atoms with Crippen molar-refractivity contribution >= 4 is 20.9 Å². The number of hydrogen-bond donors (Lipinski definition) is 1. The molecule has 0 amide bonds. The van der Waals surface area contributed by atoms with Crippen LogP contribution >= 0.6 is 0 Å². The van der Waals surface area contributed by atoms with Gasteiger partial charge in [0, 0.05) is 17.8 Å². The average Bonchev–Trinajstić information content (AvgIpc) is 2.82. The lowest BCUT2D eigenvalue weighted by atomic mass is 10.0. The molecule has 0 saturated heterocycles. The lowest BCUT2D eigenvalue weighted by Gasteiger charge is -2.25. The Bertz CT molecular complexity index is 1280. The highest BCUT2D eigenvalue weighted by atomic mass is 32.2. The van der Waals surface area contributed by atoms with Gasteiger partial charge in [-0.15, -0.1) is 0 Å². The van der Waals surface area contributed by atoms with E-state index in [2.05, 4.69) is 91.8 Å². The fraction of sp³-hybridized carbons (Fsp3) is 0.214. The Morgan fingerprint density at radius 2 is 1.44 bits per heavy atom. The fourth-order valence-corrected chi connectivity index (χ4v) is 4.19. The first-order chi connectivity index (χ1) is 16.3. The van der Waals surface area contributed by atoms with Gasteiger partial charge < -0.3 is 9.64 Å². The Labute approximate surface area is 202 Å². The molecule has 0 aliphatic carbocycles. The molecule has 5 nitrogen and oxygen atoms in total. The summed E-state index contributed by atoms with van der Waals surface area (Å²) < 4.78 is 35.6. The summed E-state index contributed by atoms with van der Waals surface area (Å²) >= 11 is 0. The predicted molar refractivity (Wildman–Crippen MR) is 138 cm³/mol. The van der Waals surface area contributed by atoms with Gasteiger partial charge in [-0.3, -0.25) is 4.55 Å². The lowest BCUT2D eigenvalue weighted by Crippen LogP contribution is -2.22. The van der Waals surface area contributed by atoms with Crippen LogP contribution in [0, 0.1) is 6.92 Å². The highest BCUT2D eigenvalue weighted by Gasteiger charge is 2.14. The lowest BCUT2D eigenvalue weighted by molar-refractivity contribution is 0.225. The summed E-state index contributed by atoms with van der Waals surface area (Å²) in [4.78, 5) is 2.19. The van der Waals surface area contributed by atoms with Crippen molar-refractivity contribution in [2.75, 3.05) is 20.7 Å². The molecule has 0 bridgehead atoms. The van der Waals surface area contributed by atoms with E-state index in [1.54, 1.807) is 12.1 Å². The summed E-state index contributed by atoms with van der Waals surface area (Å²) in [6.45, 7) is 2.54. The molecule has 0 aliphatic heterocycles. The fourth-order valence-electron chi connectivity index (χ4n) is 3.71. The maximum Gasteiger partial charge on any atom is 0.294 e. The van der Waals surface area contributed by atoms with E-state index in [1.165, 1.54) is 28.5 Å². The van der Waals surface area contributed by atoms with Gasteiger partial charge in [0.05, 0.1) is 11.5 Å². The molecule has 0 fully saturated rings. The Hall–Kier alpha value is -3.19. The predicted octanol–water partition coefficient (Wildman–Crippen LogP) is 6.15. The van der Waals surface area contributed by atoms with E-state index in [-0.39, 0.29) is 4.90 Å². The first-order valence-corrected chi connectivity index (χ1v) is 12.6. The van der Waals surface area contributed by atoms with E-state index in [0.29, 0.717) is 12.6 Å². The molecule has 4 rings (SSSR count). The summed E-state index contributed by atoms with van der Waals surface area (Å²) in [5.74, 6) is 0.966. The van der Waals surface area contributed by atoms with E-state index < -0.39 is 10.1 Å². The maximum absolute atomic E-state index is 10.5. The molecule has 0 aliphatic rings. The number of aryl methyl sites for hydroxylation is 1. The molecule has 1 N–H and O–H groups in total. The van der Waals surface area contributed by atoms with Crippen LogP contribution in [0.15, 0.2) is 102 Å². The minimum absolute atomic E-state index is 0.0666. The zero-order valence-corrected chi connectivity index (χ0v) is 20.6. The third kappa shape index (κ3) is 7.15. The number of nitrogens with zero attached hydrogens (tertiary/aromatic N) is 1. The van der Waals surface area contributed by atoms with Gasteiger partial charge in [-0.1, -0.05) is 84.4 Å². The van der Waals surface area contributed by atoms with E-state index in [0.717, 1.165) is 17.7 Å². The van der Waals surface area contributed by atoms with Crippen LogP contribution in [0.2, 0.25) is 0 Å². The highest BCUT2D eigenvalue weighted by Crippen LogP contribution is 2.27. The van der Waals surface area contributed by atoms with Crippen LogP contribution in [0.4, 0.5) is 0 Å². The van der Waals surface area contributed by atoms with Crippen molar-refractivity contribution in [1.29, 1.82) is 0 Å². The molecule has 0 heterocycles. The highest BCUT2D eigenvalue weighted by molar-refractivity contribution is 7.85. The van der Waals surface area contributed by atoms with Gasteiger partial charge in [-0.25, -0.2) is 0 Å². The van der Waals surface area contributed by atoms with Gasteiger partial charge in [0.2, 0.25) is 0 Å². The van der Waals surface area contributed by atoms with E-state index in [4.69, 9.17) is 9.29 Å². The van der Waals surface area contributed by atoms with Crippen LogP contribution in [0.5, 0.6) is 5.75 Å². The zero-order valence-electron chi connectivity index (χ0n) is 19.8. The van der Waals surface area contributed by atoms with Crippen molar-refractivity contribution < 1.29 is 17.7 Å². The second-order valence-electron chi connectivity index (χ2n) is 8.29. The third-order valence-electron chi connectivity index (χ3n) is 5.53.